The summed E-state index contributed by atoms with van der Waals surface area (Å²) in [4.78, 5) is 13.6. The zero-order chi connectivity index (χ0) is 57.1. The van der Waals surface area contributed by atoms with Crippen LogP contribution in [0.2, 0.25) is 0 Å². The summed E-state index contributed by atoms with van der Waals surface area (Å²) >= 11 is 0. The van der Waals surface area contributed by atoms with E-state index >= 15 is 0 Å². The van der Waals surface area contributed by atoms with Crippen molar-refractivity contribution in [3.63, 3.8) is 0 Å². The fourth-order valence-electron chi connectivity index (χ4n) is 15.0. The average Bonchev–Trinajstić information content (AvgIpc) is 3.25. The van der Waals surface area contributed by atoms with Crippen molar-refractivity contribution in [1.29, 1.82) is 0 Å². The van der Waals surface area contributed by atoms with E-state index in [2.05, 4.69) is 6.92 Å². The highest BCUT2D eigenvalue weighted by Crippen LogP contribution is 2.71. The Morgan fingerprint density at radius 1 is 0.722 bits per heavy atom. The minimum atomic E-state index is -1.93. The molecule has 9 rings (SSSR count). The van der Waals surface area contributed by atoms with Crippen molar-refractivity contribution in [1.82, 2.24) is 0 Å². The van der Waals surface area contributed by atoms with E-state index in [1.54, 1.807) is 34.0 Å². The fourth-order valence-corrected chi connectivity index (χ4v) is 15.0. The number of hydrogen-bond donors (Lipinski definition) is 9. The minimum Gasteiger partial charge on any atom is -0.458 e. The smallest absolute Gasteiger partial charge is 0.331 e. The number of carbonyl (C=O) groups excluding carboxylic acids is 1. The number of aliphatic hydroxyl groups excluding tert-OH is 6. The van der Waals surface area contributed by atoms with Crippen LogP contribution < -0.4 is 0 Å². The van der Waals surface area contributed by atoms with Crippen molar-refractivity contribution in [2.45, 2.75) is 245 Å². The van der Waals surface area contributed by atoms with Gasteiger partial charge in [0.05, 0.1) is 54.7 Å². The van der Waals surface area contributed by atoms with E-state index in [0.717, 1.165) is 11.1 Å². The third-order valence-electron chi connectivity index (χ3n) is 19.7. The summed E-state index contributed by atoms with van der Waals surface area (Å²) in [6.45, 7) is 9.87. The zero-order valence-corrected chi connectivity index (χ0v) is 46.7. The predicted molar refractivity (Wildman–Crippen MR) is 276 cm³/mol. The molecule has 0 aromatic heterocycles. The molecule has 4 heterocycles. The molecular weight excluding hydrogens is 1040 g/mol. The highest BCUT2D eigenvalue weighted by molar-refractivity contribution is 5.87. The topological polar surface area (TPSA) is 310 Å². The monoisotopic (exact) mass is 1120 g/mol. The van der Waals surface area contributed by atoms with E-state index in [9.17, 15) is 50.8 Å². The SMILES string of the molecule is CO[C@H]1[C@@H](O)[C@H](O[C@H]2[C@@H](OC)C[C@H](O[C@H]3[C@@H](OC)C[C@H](O[C@H]4CC[C@@]5(C)C(=CC[C@]6(O)[C@@H]5C[C@@H](OC(=O)/C=C/c5ccccc5)[C@@]5(C)[C@]6(O)CC[C@@]5(O)[C@H](C)O)C4)O[C@@H]3C)O[C@@H]2C)O[C@H](C)[C@H]1O[C@@H]1O[C@H](CO)[C@H](O)[C@H](O)[C@H]1O. The Labute approximate surface area is 461 Å². The number of benzene rings is 1. The first kappa shape index (κ1) is 60.9. The Morgan fingerprint density at radius 3 is 1.95 bits per heavy atom. The predicted octanol–water partition coefficient (Wildman–Crippen LogP) is 1.29. The van der Waals surface area contributed by atoms with E-state index < -0.39 is 169 Å². The molecule has 446 valence electrons. The van der Waals surface area contributed by atoms with Crippen LogP contribution in [0.4, 0.5) is 0 Å². The molecule has 0 amide bonds. The Bertz CT molecular complexity index is 2290. The first-order valence-corrected chi connectivity index (χ1v) is 28.0. The van der Waals surface area contributed by atoms with Gasteiger partial charge in [-0.25, -0.2) is 4.79 Å². The average molecular weight is 1120 g/mol. The first-order chi connectivity index (χ1) is 37.4. The second kappa shape index (κ2) is 23.8. The van der Waals surface area contributed by atoms with Gasteiger partial charge < -0.3 is 103 Å². The second-order valence-electron chi connectivity index (χ2n) is 23.9. The van der Waals surface area contributed by atoms with E-state index in [1.807, 2.05) is 43.3 Å². The van der Waals surface area contributed by atoms with Crippen LogP contribution in [0.5, 0.6) is 0 Å². The first-order valence-electron chi connectivity index (χ1n) is 28.0. The van der Waals surface area contributed by atoms with E-state index in [4.69, 9.17) is 56.8 Å². The molecule has 0 bridgehead atoms. The van der Waals surface area contributed by atoms with Gasteiger partial charge in [-0.15, -0.1) is 0 Å². The zero-order valence-electron chi connectivity index (χ0n) is 46.7. The van der Waals surface area contributed by atoms with Gasteiger partial charge in [-0.05, 0) is 89.7 Å². The van der Waals surface area contributed by atoms with Crippen molar-refractivity contribution >= 4 is 12.0 Å². The molecule has 1 aromatic rings. The van der Waals surface area contributed by atoms with Crippen LogP contribution >= 0.6 is 0 Å². The van der Waals surface area contributed by atoms with Crippen LogP contribution in [-0.4, -0.2) is 226 Å². The number of hydrogen-bond acceptors (Lipinski definition) is 22. The highest BCUT2D eigenvalue weighted by atomic mass is 16.8. The maximum Gasteiger partial charge on any atom is 0.331 e. The largest absolute Gasteiger partial charge is 0.458 e. The molecule has 79 heavy (non-hydrogen) atoms. The molecular formula is C57H86O22. The van der Waals surface area contributed by atoms with Gasteiger partial charge in [0, 0.05) is 46.2 Å². The summed E-state index contributed by atoms with van der Waals surface area (Å²) < 4.78 is 74.2. The normalized spacial score (nSPS) is 49.5. The van der Waals surface area contributed by atoms with E-state index in [1.165, 1.54) is 27.2 Å². The highest BCUT2D eigenvalue weighted by Gasteiger charge is 2.81. The molecule has 22 heteroatoms. The van der Waals surface area contributed by atoms with Crippen LogP contribution in [0.3, 0.4) is 0 Å². The fraction of sp³-hybridized carbons (Fsp3) is 0.807. The molecule has 4 aliphatic carbocycles. The number of esters is 1. The third-order valence-corrected chi connectivity index (χ3v) is 19.7. The second-order valence-corrected chi connectivity index (χ2v) is 23.9. The van der Waals surface area contributed by atoms with Crippen LogP contribution in [-0.2, 0) is 61.6 Å². The quantitative estimate of drug-likeness (QED) is 0.0640. The summed E-state index contributed by atoms with van der Waals surface area (Å²) in [6.07, 6.45) is -13.5. The van der Waals surface area contributed by atoms with Gasteiger partial charge in [-0.3, -0.25) is 0 Å². The molecule has 27 atom stereocenters. The van der Waals surface area contributed by atoms with E-state index in [0.29, 0.717) is 25.7 Å². The van der Waals surface area contributed by atoms with Gasteiger partial charge in [0.1, 0.15) is 77.8 Å². The Balaban J connectivity index is 0.815. The lowest BCUT2D eigenvalue weighted by atomic mass is 9.42. The van der Waals surface area contributed by atoms with Crippen LogP contribution in [0.25, 0.3) is 6.08 Å². The van der Waals surface area contributed by atoms with Crippen molar-refractivity contribution < 1.29 is 108 Å². The summed E-state index contributed by atoms with van der Waals surface area (Å²) in [5, 5.41) is 102. The number of rotatable bonds is 16. The molecule has 0 radical (unpaired) electrons. The van der Waals surface area contributed by atoms with Gasteiger partial charge >= 0.3 is 5.97 Å². The molecule has 3 saturated carbocycles. The van der Waals surface area contributed by atoms with Crippen molar-refractivity contribution in [2.75, 3.05) is 27.9 Å². The van der Waals surface area contributed by atoms with Crippen molar-refractivity contribution in [3.05, 3.63) is 53.6 Å². The summed E-state index contributed by atoms with van der Waals surface area (Å²) in [5.41, 5.74) is -5.97. The molecule has 1 aromatic carbocycles. The lowest BCUT2D eigenvalue weighted by Gasteiger charge is -2.67. The maximum absolute atomic E-state index is 13.6. The van der Waals surface area contributed by atoms with Crippen molar-refractivity contribution in [2.24, 2.45) is 16.7 Å². The van der Waals surface area contributed by atoms with Gasteiger partial charge in [0.2, 0.25) is 0 Å². The number of ether oxygens (including phenoxy) is 12. The molecule has 7 fully saturated rings. The minimum absolute atomic E-state index is 0.00648. The Morgan fingerprint density at radius 2 is 1.33 bits per heavy atom. The van der Waals surface area contributed by atoms with Crippen LogP contribution in [0, 0.1) is 16.7 Å². The lowest BCUT2D eigenvalue weighted by Crippen LogP contribution is -2.78. The summed E-state index contributed by atoms with van der Waals surface area (Å²) in [5.74, 6) is -1.24. The van der Waals surface area contributed by atoms with Crippen LogP contribution in [0.1, 0.15) is 105 Å². The molecule has 22 nitrogen and oxygen atoms in total. The Hall–Kier alpha value is -2.63. The molecule has 0 spiro atoms. The summed E-state index contributed by atoms with van der Waals surface area (Å²) in [7, 11) is 4.50. The van der Waals surface area contributed by atoms with E-state index in [-0.39, 0.29) is 38.2 Å². The standard InChI is InChI=1S/C57H86O22/c1-28-47(77-42-25-36(69-8)48(29(2)72-42)78-52-46(64)50(70-9)49(30(3)73-52)79-51-45(63)44(62)43(61)37(27-58)75-51)35(68-7)24-41(71-28)74-34-18-19-53(5)33(23-34)17-20-56(66)38(53)26-39(76-40(60)16-15-32-13-11-10-12-14-32)54(6)55(65,31(4)59)21-22-57(54,56)67/h10-17,28-31,34-39,41-52,58-59,61-67H,18-27H2,1-9H3/b16-15+/t28-,29-,30-,31+,34+,35+,36+,37-,38-,39-,41+,42+,43+,44+,45-,46-,47-,48-,49-,50+,51+,52+,53+,54-,55-,56+,57-/m1/s1. The molecule has 9 N–H and O–H groups in total. The molecule has 8 aliphatic rings. The molecule has 4 aliphatic heterocycles. The molecule has 0 unspecified atom stereocenters. The number of methoxy groups -OCH3 is 3. The summed E-state index contributed by atoms with van der Waals surface area (Å²) in [6, 6.07) is 9.29. The van der Waals surface area contributed by atoms with Crippen LogP contribution in [0.15, 0.2) is 48.1 Å². The van der Waals surface area contributed by atoms with Gasteiger partial charge in [0.25, 0.3) is 0 Å². The van der Waals surface area contributed by atoms with Gasteiger partial charge in [-0.2, -0.15) is 0 Å². The van der Waals surface area contributed by atoms with Crippen molar-refractivity contribution in [3.8, 4) is 0 Å². The maximum atomic E-state index is 13.6. The number of carbonyl (C=O) groups is 1. The van der Waals surface area contributed by atoms with Gasteiger partial charge in [-0.1, -0.05) is 55.8 Å². The number of aliphatic hydroxyl groups is 9. The Kier molecular flexibility index (Phi) is 18.4. The third kappa shape index (κ3) is 10.7. The van der Waals surface area contributed by atoms with Gasteiger partial charge in [0.15, 0.2) is 25.2 Å². The molecule has 4 saturated heterocycles. The number of fused-ring (bicyclic) bond motifs is 5. The lowest BCUT2D eigenvalue weighted by molar-refractivity contribution is -0.373.